The normalized spacial score (nSPS) is 14.9. The highest BCUT2D eigenvalue weighted by Crippen LogP contribution is 2.60. The van der Waals surface area contributed by atoms with Gasteiger partial charge in [0.15, 0.2) is 0 Å². The van der Waals surface area contributed by atoms with Gasteiger partial charge in [-0.25, -0.2) is 0 Å². The topological polar surface area (TPSA) is 25.8 Å². The number of rotatable bonds is 6. The van der Waals surface area contributed by atoms with Crippen molar-refractivity contribution in [1.82, 2.24) is 9.97 Å². The van der Waals surface area contributed by atoms with Crippen LogP contribution in [0.25, 0.3) is 22.2 Å². The highest BCUT2D eigenvalue weighted by molar-refractivity contribution is 7.77. The molecule has 0 radical (unpaired) electrons. The minimum Gasteiger partial charge on any atom is -0.256 e. The van der Waals surface area contributed by atoms with E-state index in [0.29, 0.717) is 0 Å². The molecule has 5 aromatic rings. The number of nitrogens with zero attached hydrogens (tertiary/aromatic N) is 2. The first-order valence-corrected chi connectivity index (χ1v) is 17.2. The molecule has 2 heterocycles. The van der Waals surface area contributed by atoms with Crippen LogP contribution in [0.3, 0.4) is 0 Å². The molecule has 0 aliphatic heterocycles. The van der Waals surface area contributed by atoms with Gasteiger partial charge in [0.1, 0.15) is 0 Å². The summed E-state index contributed by atoms with van der Waals surface area (Å²) in [5.41, 5.74) is 3.62. The van der Waals surface area contributed by atoms with Crippen LogP contribution in [-0.2, 0) is 0 Å². The molecule has 0 N–H and O–H groups in total. The molecule has 0 aliphatic rings. The van der Waals surface area contributed by atoms with Crippen molar-refractivity contribution in [3.63, 3.8) is 0 Å². The Bertz CT molecular complexity index is 1820. The molecular formula is C38H40N2P2. The van der Waals surface area contributed by atoms with E-state index in [1.165, 1.54) is 37.4 Å². The van der Waals surface area contributed by atoms with Gasteiger partial charge in [-0.3, -0.25) is 9.97 Å². The summed E-state index contributed by atoms with van der Waals surface area (Å²) in [5, 5.41) is 7.58. The Morgan fingerprint density at radius 1 is 0.667 bits per heavy atom. The van der Waals surface area contributed by atoms with Crippen LogP contribution in [0.15, 0.2) is 122 Å². The SMILES string of the molecule is C=C/C=c1/cccc/c1=C(\c1c(P(c2ccccn2)C(C)(C)C)ccc2ccccc12)P(c1ccccn1)C(C)(C)C. The van der Waals surface area contributed by atoms with Gasteiger partial charge < -0.3 is 0 Å². The zero-order chi connectivity index (χ0) is 29.9. The van der Waals surface area contributed by atoms with Crippen LogP contribution in [0.2, 0.25) is 0 Å². The predicted molar refractivity (Wildman–Crippen MR) is 188 cm³/mol. The second kappa shape index (κ2) is 12.4. The van der Waals surface area contributed by atoms with Crippen LogP contribution in [-0.4, -0.2) is 20.3 Å². The van der Waals surface area contributed by atoms with Crippen molar-refractivity contribution in [2.45, 2.75) is 51.9 Å². The minimum absolute atomic E-state index is 0.0196. The monoisotopic (exact) mass is 586 g/mol. The van der Waals surface area contributed by atoms with Crippen LogP contribution < -0.4 is 26.6 Å². The standard InChI is InChI=1S/C38H40N2P2/c1-8-17-28-18-10-12-21-31(28)36(42(38(5,6)7)34-23-14-16-27-40-34)35-30-20-11-9-19-29(30)24-25-32(35)41(37(2,3)4)33-22-13-15-26-39-33/h8-27H,1H2,2-7H3/b28-17-,36-31-. The Morgan fingerprint density at radius 2 is 1.29 bits per heavy atom. The fraction of sp³-hybridized carbons (Fsp3) is 0.211. The maximum absolute atomic E-state index is 5.03. The van der Waals surface area contributed by atoms with Crippen molar-refractivity contribution in [1.29, 1.82) is 0 Å². The molecule has 5 rings (SSSR count). The summed E-state index contributed by atoms with van der Waals surface area (Å²) in [6.07, 6.45) is 7.92. The zero-order valence-corrected chi connectivity index (χ0v) is 27.3. The molecule has 0 saturated carbocycles. The van der Waals surface area contributed by atoms with E-state index >= 15 is 0 Å². The molecule has 2 nitrogen and oxygen atoms in total. The maximum Gasteiger partial charge on any atom is 0.0681 e. The average molecular weight is 587 g/mol. The zero-order valence-electron chi connectivity index (χ0n) is 25.5. The largest absolute Gasteiger partial charge is 0.256 e. The van der Waals surface area contributed by atoms with Gasteiger partial charge in [-0.1, -0.05) is 133 Å². The number of fused-ring (bicyclic) bond motifs is 1. The highest BCUT2D eigenvalue weighted by Gasteiger charge is 2.37. The molecule has 0 amide bonds. The smallest absolute Gasteiger partial charge is 0.0681 e. The molecule has 0 bridgehead atoms. The first kappa shape index (κ1) is 30.0. The van der Waals surface area contributed by atoms with E-state index in [1.807, 2.05) is 30.6 Å². The van der Waals surface area contributed by atoms with Crippen LogP contribution in [0.1, 0.15) is 47.1 Å². The van der Waals surface area contributed by atoms with E-state index in [9.17, 15) is 0 Å². The fourth-order valence-electron chi connectivity index (χ4n) is 5.64. The van der Waals surface area contributed by atoms with Crippen LogP contribution in [0, 0.1) is 0 Å². The molecule has 42 heavy (non-hydrogen) atoms. The third kappa shape index (κ3) is 6.17. The van der Waals surface area contributed by atoms with Crippen molar-refractivity contribution < 1.29 is 0 Å². The first-order chi connectivity index (χ1) is 20.1. The number of benzene rings is 3. The van der Waals surface area contributed by atoms with Crippen LogP contribution in [0.5, 0.6) is 0 Å². The molecule has 212 valence electrons. The van der Waals surface area contributed by atoms with Crippen molar-refractivity contribution in [3.05, 3.63) is 138 Å². The molecule has 0 spiro atoms. The van der Waals surface area contributed by atoms with Gasteiger partial charge in [0.2, 0.25) is 0 Å². The van der Waals surface area contributed by atoms with E-state index in [0.717, 1.165) is 10.9 Å². The van der Waals surface area contributed by atoms with E-state index < -0.39 is 15.8 Å². The van der Waals surface area contributed by atoms with Gasteiger partial charge >= 0.3 is 0 Å². The van der Waals surface area contributed by atoms with E-state index in [1.54, 1.807) is 0 Å². The van der Waals surface area contributed by atoms with E-state index in [4.69, 9.17) is 9.97 Å². The predicted octanol–water partition coefficient (Wildman–Crippen LogP) is 7.59. The van der Waals surface area contributed by atoms with Crippen molar-refractivity contribution in [2.75, 3.05) is 0 Å². The summed E-state index contributed by atoms with van der Waals surface area (Å²) in [4.78, 5) is 9.99. The van der Waals surface area contributed by atoms with Gasteiger partial charge in [0.05, 0.1) is 10.9 Å². The molecule has 0 saturated heterocycles. The number of aromatic nitrogens is 2. The van der Waals surface area contributed by atoms with Gasteiger partial charge in [0, 0.05) is 12.4 Å². The molecule has 0 fully saturated rings. The first-order valence-electron chi connectivity index (χ1n) is 14.5. The van der Waals surface area contributed by atoms with E-state index in [2.05, 4.69) is 139 Å². The lowest BCUT2D eigenvalue weighted by atomic mass is 10.0. The molecular weight excluding hydrogens is 546 g/mol. The Morgan fingerprint density at radius 3 is 1.90 bits per heavy atom. The fourth-order valence-corrected chi connectivity index (χ4v) is 11.4. The summed E-state index contributed by atoms with van der Waals surface area (Å²) >= 11 is 0. The summed E-state index contributed by atoms with van der Waals surface area (Å²) in [6.45, 7) is 18.2. The molecule has 2 aromatic heterocycles. The number of pyridine rings is 2. The third-order valence-corrected chi connectivity index (χ3v) is 13.1. The van der Waals surface area contributed by atoms with Crippen LogP contribution in [0.4, 0.5) is 0 Å². The second-order valence-corrected chi connectivity index (χ2v) is 18.3. The Hall–Kier alpha value is -3.44. The summed E-state index contributed by atoms with van der Waals surface area (Å²) < 4.78 is 0. The summed E-state index contributed by atoms with van der Waals surface area (Å²) in [5.74, 6) is 0. The molecule has 4 heteroatoms. The minimum atomic E-state index is -0.917. The molecule has 3 aromatic carbocycles. The Kier molecular flexibility index (Phi) is 8.89. The quantitative estimate of drug-likeness (QED) is 0.192. The summed E-state index contributed by atoms with van der Waals surface area (Å²) in [6, 6.07) is 35.0. The molecule has 2 unspecified atom stereocenters. The maximum atomic E-state index is 5.03. The number of hydrogen-bond acceptors (Lipinski definition) is 2. The van der Waals surface area contributed by atoms with Crippen molar-refractivity contribution in [3.8, 4) is 0 Å². The van der Waals surface area contributed by atoms with Gasteiger partial charge in [-0.15, -0.1) is 0 Å². The Labute approximate surface area is 253 Å². The van der Waals surface area contributed by atoms with Crippen molar-refractivity contribution >= 4 is 54.2 Å². The lowest BCUT2D eigenvalue weighted by Gasteiger charge is -2.37. The number of allylic oxidation sites excluding steroid dienone is 1. The Balaban J connectivity index is 2.06. The number of hydrogen-bond donors (Lipinski definition) is 0. The summed E-state index contributed by atoms with van der Waals surface area (Å²) in [7, 11) is -1.75. The lowest BCUT2D eigenvalue weighted by molar-refractivity contribution is 0.792. The van der Waals surface area contributed by atoms with Gasteiger partial charge in [-0.05, 0) is 87.8 Å². The molecule has 0 aliphatic carbocycles. The van der Waals surface area contributed by atoms with Gasteiger partial charge in [-0.2, -0.15) is 0 Å². The van der Waals surface area contributed by atoms with Crippen LogP contribution >= 0.6 is 15.8 Å². The highest BCUT2D eigenvalue weighted by atomic mass is 31.1. The van der Waals surface area contributed by atoms with Gasteiger partial charge in [0.25, 0.3) is 0 Å². The van der Waals surface area contributed by atoms with E-state index in [-0.39, 0.29) is 10.3 Å². The third-order valence-electron chi connectivity index (χ3n) is 7.22. The average Bonchev–Trinajstić information content (AvgIpc) is 2.96. The second-order valence-electron chi connectivity index (χ2n) is 12.4. The van der Waals surface area contributed by atoms with Crippen molar-refractivity contribution in [2.24, 2.45) is 0 Å². The molecule has 2 atom stereocenters. The lowest BCUT2D eigenvalue weighted by Crippen LogP contribution is -2.35.